The Labute approximate surface area is 116 Å². The molecular weight excluding hydrogens is 252 g/mol. The zero-order chi connectivity index (χ0) is 12.7. The van der Waals surface area contributed by atoms with Crippen molar-refractivity contribution in [3.63, 3.8) is 0 Å². The molecule has 1 aliphatic rings. The Morgan fingerprint density at radius 3 is 2.56 bits per heavy atom. The van der Waals surface area contributed by atoms with E-state index in [0.29, 0.717) is 13.2 Å². The minimum absolute atomic E-state index is 0. The lowest BCUT2D eigenvalue weighted by atomic mass is 9.82. The molecule has 1 saturated carbocycles. The third-order valence-electron chi connectivity index (χ3n) is 3.71. The van der Waals surface area contributed by atoms with Gasteiger partial charge in [-0.1, -0.05) is 12.8 Å². The van der Waals surface area contributed by atoms with Crippen LogP contribution in [0.15, 0.2) is 0 Å². The second kappa shape index (κ2) is 8.73. The predicted molar refractivity (Wildman–Crippen MR) is 75.9 cm³/mol. The Kier molecular flexibility index (Phi) is 8.57. The van der Waals surface area contributed by atoms with Crippen molar-refractivity contribution in [3.8, 4) is 0 Å². The van der Waals surface area contributed by atoms with Crippen LogP contribution in [0.4, 0.5) is 0 Å². The number of hydrogen-bond acceptors (Lipinski definition) is 3. The highest BCUT2D eigenvalue weighted by atomic mass is 35.5. The summed E-state index contributed by atoms with van der Waals surface area (Å²) >= 11 is 0. The fraction of sp³-hybridized carbons (Fsp3) is 0.923. The van der Waals surface area contributed by atoms with Crippen LogP contribution >= 0.6 is 12.4 Å². The summed E-state index contributed by atoms with van der Waals surface area (Å²) in [6.45, 7) is 3.31. The van der Waals surface area contributed by atoms with Crippen molar-refractivity contribution in [2.45, 2.75) is 51.5 Å². The van der Waals surface area contributed by atoms with Crippen LogP contribution in [-0.2, 0) is 9.53 Å². The first-order valence-corrected chi connectivity index (χ1v) is 6.63. The molecule has 0 aromatic carbocycles. The summed E-state index contributed by atoms with van der Waals surface area (Å²) in [6.07, 6.45) is 6.00. The van der Waals surface area contributed by atoms with E-state index in [1.807, 2.05) is 6.92 Å². The molecule has 0 saturated heterocycles. The van der Waals surface area contributed by atoms with E-state index in [1.165, 1.54) is 0 Å². The van der Waals surface area contributed by atoms with Crippen molar-refractivity contribution < 1.29 is 9.53 Å². The molecule has 1 aliphatic carbocycles. The SMILES string of the molecule is COCCC1(C(=O)NCCC(C)N)CCCC1.Cl. The molecule has 3 N–H and O–H groups in total. The Balaban J connectivity index is 0.00000289. The molecule has 1 amide bonds. The predicted octanol–water partition coefficient (Wildman–Crippen LogP) is 1.86. The van der Waals surface area contributed by atoms with Crippen LogP contribution < -0.4 is 11.1 Å². The number of halogens is 1. The minimum atomic E-state index is -0.173. The van der Waals surface area contributed by atoms with Gasteiger partial charge in [0.05, 0.1) is 5.41 Å². The van der Waals surface area contributed by atoms with E-state index in [9.17, 15) is 4.79 Å². The largest absolute Gasteiger partial charge is 0.385 e. The summed E-state index contributed by atoms with van der Waals surface area (Å²) in [5, 5.41) is 3.03. The van der Waals surface area contributed by atoms with E-state index in [2.05, 4.69) is 5.32 Å². The van der Waals surface area contributed by atoms with E-state index >= 15 is 0 Å². The third-order valence-corrected chi connectivity index (χ3v) is 3.71. The highest BCUT2D eigenvalue weighted by Gasteiger charge is 2.40. The Hall–Kier alpha value is -0.320. The number of amides is 1. The van der Waals surface area contributed by atoms with Gasteiger partial charge in [0.15, 0.2) is 0 Å². The van der Waals surface area contributed by atoms with Crippen LogP contribution in [0.25, 0.3) is 0 Å². The number of carbonyl (C=O) groups is 1. The molecule has 108 valence electrons. The molecule has 0 heterocycles. The maximum absolute atomic E-state index is 12.2. The van der Waals surface area contributed by atoms with Crippen LogP contribution in [-0.4, -0.2) is 32.2 Å². The van der Waals surface area contributed by atoms with Gasteiger partial charge in [-0.3, -0.25) is 4.79 Å². The molecule has 0 radical (unpaired) electrons. The van der Waals surface area contributed by atoms with Crippen molar-refractivity contribution in [2.24, 2.45) is 11.1 Å². The monoisotopic (exact) mass is 278 g/mol. The standard InChI is InChI=1S/C13H26N2O2.ClH/c1-11(14)5-9-15-12(16)13(8-10-17-2)6-3-4-7-13;/h11H,3-10,14H2,1-2H3,(H,15,16);1H. The molecule has 1 fully saturated rings. The Morgan fingerprint density at radius 1 is 1.44 bits per heavy atom. The number of rotatable bonds is 7. The highest BCUT2D eigenvalue weighted by molar-refractivity contribution is 5.85. The summed E-state index contributed by atoms with van der Waals surface area (Å²) in [7, 11) is 1.69. The lowest BCUT2D eigenvalue weighted by Crippen LogP contribution is -2.41. The smallest absolute Gasteiger partial charge is 0.226 e. The number of ether oxygens (including phenoxy) is 1. The lowest BCUT2D eigenvalue weighted by molar-refractivity contribution is -0.131. The average Bonchev–Trinajstić information content (AvgIpc) is 2.75. The average molecular weight is 279 g/mol. The van der Waals surface area contributed by atoms with Crippen LogP contribution in [0.3, 0.4) is 0 Å². The molecule has 1 rings (SSSR count). The maximum Gasteiger partial charge on any atom is 0.226 e. The molecule has 0 aromatic rings. The van der Waals surface area contributed by atoms with Crippen LogP contribution in [0.5, 0.6) is 0 Å². The fourth-order valence-corrected chi connectivity index (χ4v) is 2.54. The number of methoxy groups -OCH3 is 1. The first kappa shape index (κ1) is 17.7. The van der Waals surface area contributed by atoms with Gasteiger partial charge in [0.1, 0.15) is 0 Å². The number of carbonyl (C=O) groups excluding carboxylic acids is 1. The van der Waals surface area contributed by atoms with Crippen LogP contribution in [0.2, 0.25) is 0 Å². The van der Waals surface area contributed by atoms with E-state index in [1.54, 1.807) is 7.11 Å². The van der Waals surface area contributed by atoms with E-state index in [4.69, 9.17) is 10.5 Å². The Morgan fingerprint density at radius 2 is 2.06 bits per heavy atom. The van der Waals surface area contributed by atoms with Gasteiger partial charge < -0.3 is 15.8 Å². The van der Waals surface area contributed by atoms with Crippen molar-refractivity contribution in [1.29, 1.82) is 0 Å². The van der Waals surface area contributed by atoms with Gasteiger partial charge in [-0.15, -0.1) is 12.4 Å². The van der Waals surface area contributed by atoms with Gasteiger partial charge >= 0.3 is 0 Å². The molecule has 0 aliphatic heterocycles. The topological polar surface area (TPSA) is 64.3 Å². The number of nitrogens with one attached hydrogen (secondary N) is 1. The second-order valence-corrected chi connectivity index (χ2v) is 5.25. The molecular formula is C13H27ClN2O2. The van der Waals surface area contributed by atoms with Gasteiger partial charge in [0.25, 0.3) is 0 Å². The molecule has 18 heavy (non-hydrogen) atoms. The maximum atomic E-state index is 12.2. The summed E-state index contributed by atoms with van der Waals surface area (Å²) in [4.78, 5) is 12.2. The second-order valence-electron chi connectivity index (χ2n) is 5.25. The van der Waals surface area contributed by atoms with Crippen molar-refractivity contribution in [3.05, 3.63) is 0 Å². The van der Waals surface area contributed by atoms with Crippen LogP contribution in [0.1, 0.15) is 45.4 Å². The van der Waals surface area contributed by atoms with Gasteiger partial charge in [0, 0.05) is 26.3 Å². The summed E-state index contributed by atoms with van der Waals surface area (Å²) < 4.78 is 5.12. The number of hydrogen-bond donors (Lipinski definition) is 2. The highest BCUT2D eigenvalue weighted by Crippen LogP contribution is 2.41. The summed E-state index contributed by atoms with van der Waals surface area (Å²) in [5.74, 6) is 0.202. The summed E-state index contributed by atoms with van der Waals surface area (Å²) in [6, 6.07) is 0.147. The van der Waals surface area contributed by atoms with E-state index in [0.717, 1.165) is 38.5 Å². The van der Waals surface area contributed by atoms with Crippen LogP contribution in [0, 0.1) is 5.41 Å². The van der Waals surface area contributed by atoms with Gasteiger partial charge in [-0.2, -0.15) is 0 Å². The molecule has 5 heteroatoms. The molecule has 0 aromatic heterocycles. The fourth-order valence-electron chi connectivity index (χ4n) is 2.54. The quantitative estimate of drug-likeness (QED) is 0.747. The van der Waals surface area contributed by atoms with Gasteiger partial charge in [-0.05, 0) is 32.6 Å². The van der Waals surface area contributed by atoms with E-state index < -0.39 is 0 Å². The lowest BCUT2D eigenvalue weighted by Gasteiger charge is -2.27. The van der Waals surface area contributed by atoms with Gasteiger partial charge in [-0.25, -0.2) is 0 Å². The number of nitrogens with two attached hydrogens (primary N) is 1. The van der Waals surface area contributed by atoms with Crippen molar-refractivity contribution in [2.75, 3.05) is 20.3 Å². The zero-order valence-corrected chi connectivity index (χ0v) is 12.4. The first-order chi connectivity index (χ1) is 8.10. The molecule has 1 atom stereocenters. The van der Waals surface area contributed by atoms with E-state index in [-0.39, 0.29) is 29.8 Å². The molecule has 0 spiro atoms. The van der Waals surface area contributed by atoms with Crippen molar-refractivity contribution in [1.82, 2.24) is 5.32 Å². The zero-order valence-electron chi connectivity index (χ0n) is 11.5. The third kappa shape index (κ3) is 5.12. The normalized spacial score (nSPS) is 19.1. The first-order valence-electron chi connectivity index (χ1n) is 6.63. The Bertz CT molecular complexity index is 241. The van der Waals surface area contributed by atoms with Gasteiger partial charge in [0.2, 0.25) is 5.91 Å². The molecule has 4 nitrogen and oxygen atoms in total. The van der Waals surface area contributed by atoms with Crippen molar-refractivity contribution >= 4 is 18.3 Å². The minimum Gasteiger partial charge on any atom is -0.385 e. The molecule has 1 unspecified atom stereocenters. The summed E-state index contributed by atoms with van der Waals surface area (Å²) in [5.41, 5.74) is 5.50. The molecule has 0 bridgehead atoms.